The van der Waals surface area contributed by atoms with Crippen molar-refractivity contribution in [1.29, 1.82) is 0 Å². The summed E-state index contributed by atoms with van der Waals surface area (Å²) in [6.07, 6.45) is 0. The van der Waals surface area contributed by atoms with Crippen LogP contribution in [0.15, 0.2) is 30.3 Å². The lowest BCUT2D eigenvalue weighted by molar-refractivity contribution is 1.77. The average Bonchev–Trinajstić information content (AvgIpc) is 1.90. The monoisotopic (exact) mass is 342 g/mol. The molecule has 0 unspecified atom stereocenters. The molecule has 0 atom stereocenters. The number of rotatable bonds is 1. The first-order chi connectivity index (χ1) is 4.30. The Morgan fingerprint density at radius 1 is 1.00 bits per heavy atom. The van der Waals surface area contributed by atoms with Gasteiger partial charge in [0.15, 0.2) is 0 Å². The molecule has 1 aromatic rings. The van der Waals surface area contributed by atoms with E-state index in [4.69, 9.17) is 0 Å². The summed E-state index contributed by atoms with van der Waals surface area (Å²) in [6.45, 7) is 0. The lowest BCUT2D eigenvalue weighted by Gasteiger charge is -1.94. The summed E-state index contributed by atoms with van der Waals surface area (Å²) in [4.78, 5) is 0. The van der Waals surface area contributed by atoms with Crippen LogP contribution in [0.2, 0.25) is 0 Å². The molecule has 0 heterocycles. The Hall–Kier alpha value is 0.745. The van der Waals surface area contributed by atoms with E-state index in [1.54, 1.807) is 0 Å². The molecule has 0 nitrogen and oxygen atoms in total. The normalized spacial score (nSPS) is 9.11. The van der Waals surface area contributed by atoms with Gasteiger partial charge in [0.25, 0.3) is 0 Å². The molecule has 0 aliphatic rings. The maximum absolute atomic E-state index is 2.39. The fourth-order valence-corrected chi connectivity index (χ4v) is 1.43. The largest absolute Gasteiger partial charge is 0.320 e. The molecule has 0 aliphatic carbocycles. The van der Waals surface area contributed by atoms with Crippen LogP contribution in [0.25, 0.3) is 0 Å². The smallest absolute Gasteiger partial charge is 0.127 e. The third kappa shape index (κ3) is 2.45. The first-order valence-electron chi connectivity index (χ1n) is 2.64. The van der Waals surface area contributed by atoms with Crippen LogP contribution in [0.3, 0.4) is 0 Å². The van der Waals surface area contributed by atoms with Crippen LogP contribution in [0.5, 0.6) is 0 Å². The first-order valence-corrected chi connectivity index (χ1v) is 5.13. The molecule has 1 aromatic carbocycles. The van der Waals surface area contributed by atoms with E-state index in [1.807, 2.05) is 6.07 Å². The molecular formula is C6H5BI2. The summed E-state index contributed by atoms with van der Waals surface area (Å²) in [5, 5.41) is 0. The van der Waals surface area contributed by atoms with Gasteiger partial charge in [-0.1, -0.05) is 35.8 Å². The maximum atomic E-state index is 2.39. The zero-order valence-corrected chi connectivity index (χ0v) is 9.04. The summed E-state index contributed by atoms with van der Waals surface area (Å²) in [5.74, 6) is 0. The van der Waals surface area contributed by atoms with Crippen LogP contribution in [0.4, 0.5) is 0 Å². The second kappa shape index (κ2) is 3.80. The van der Waals surface area contributed by atoms with E-state index in [1.165, 1.54) is 5.46 Å². The van der Waals surface area contributed by atoms with Crippen molar-refractivity contribution in [2.45, 2.75) is 0 Å². The maximum Gasteiger partial charge on any atom is 0.320 e. The van der Waals surface area contributed by atoms with Crippen LogP contribution in [-0.2, 0) is 0 Å². The fourth-order valence-electron chi connectivity index (χ4n) is 0.599. The molecule has 0 N–H and O–H groups in total. The summed E-state index contributed by atoms with van der Waals surface area (Å²) in [5.41, 5.74) is 1.39. The van der Waals surface area contributed by atoms with Gasteiger partial charge in [0.2, 0.25) is 0 Å². The van der Waals surface area contributed by atoms with E-state index in [0.717, 1.165) is 0 Å². The third-order valence-corrected chi connectivity index (χ3v) is 2.49. The van der Waals surface area contributed by atoms with Crippen LogP contribution in [0.1, 0.15) is 0 Å². The number of hydrogen-bond acceptors (Lipinski definition) is 0. The summed E-state index contributed by atoms with van der Waals surface area (Å²) in [6, 6.07) is 10.5. The van der Waals surface area contributed by atoms with Crippen molar-refractivity contribution in [3.8, 4) is 0 Å². The van der Waals surface area contributed by atoms with Gasteiger partial charge < -0.3 is 0 Å². The molecule has 1 rings (SSSR count). The molecular weight excluding hydrogens is 337 g/mol. The average molecular weight is 342 g/mol. The molecule has 0 aromatic heterocycles. The molecule has 46 valence electrons. The van der Waals surface area contributed by atoms with E-state index in [2.05, 4.69) is 69.0 Å². The first kappa shape index (κ1) is 7.85. The van der Waals surface area contributed by atoms with E-state index in [9.17, 15) is 0 Å². The van der Waals surface area contributed by atoms with E-state index in [0.29, 0.717) is 2.43 Å². The molecule has 0 saturated heterocycles. The van der Waals surface area contributed by atoms with Gasteiger partial charge in [-0.2, -0.15) is 0 Å². The quantitative estimate of drug-likeness (QED) is 0.543. The summed E-state index contributed by atoms with van der Waals surface area (Å²) < 4.78 is 0.599. The molecule has 0 bridgehead atoms. The standard InChI is InChI=1S/C6H5BI2/c8-7(9)6-4-2-1-3-5-6/h1-5H. The van der Waals surface area contributed by atoms with Crippen molar-refractivity contribution in [3.63, 3.8) is 0 Å². The topological polar surface area (TPSA) is 0 Å². The molecule has 3 heteroatoms. The highest BCUT2D eigenvalue weighted by atomic mass is 127. The minimum atomic E-state index is 0.599. The van der Waals surface area contributed by atoms with E-state index < -0.39 is 0 Å². The van der Waals surface area contributed by atoms with Crippen LogP contribution < -0.4 is 5.46 Å². The Morgan fingerprint density at radius 3 is 1.89 bits per heavy atom. The molecule has 0 aliphatic heterocycles. The predicted molar refractivity (Wildman–Crippen MR) is 59.9 cm³/mol. The second-order valence-corrected chi connectivity index (χ2v) is 6.59. The van der Waals surface area contributed by atoms with Crippen LogP contribution in [0, 0.1) is 0 Å². The number of benzene rings is 1. The highest BCUT2D eigenvalue weighted by Gasteiger charge is 2.03. The van der Waals surface area contributed by atoms with Gasteiger partial charge in [0, 0.05) is 0 Å². The van der Waals surface area contributed by atoms with E-state index >= 15 is 0 Å². The zero-order chi connectivity index (χ0) is 6.69. The Balaban J connectivity index is 2.85. The van der Waals surface area contributed by atoms with Crippen molar-refractivity contribution < 1.29 is 0 Å². The molecule has 0 amide bonds. The van der Waals surface area contributed by atoms with Crippen molar-refractivity contribution in [3.05, 3.63) is 30.3 Å². The van der Waals surface area contributed by atoms with Crippen molar-refractivity contribution in [2.75, 3.05) is 0 Å². The Labute approximate surface area is 82.2 Å². The highest BCUT2D eigenvalue weighted by molar-refractivity contribution is 14.3. The summed E-state index contributed by atoms with van der Waals surface area (Å²) >= 11 is 4.79. The van der Waals surface area contributed by atoms with E-state index in [-0.39, 0.29) is 0 Å². The van der Waals surface area contributed by atoms with Gasteiger partial charge in [0.05, 0.1) is 0 Å². The lowest BCUT2D eigenvalue weighted by Crippen LogP contribution is -2.14. The number of hydrogen-bond donors (Lipinski definition) is 0. The Bertz CT molecular complexity index is 174. The predicted octanol–water partition coefficient (Wildman–Crippen LogP) is 2.25. The lowest BCUT2D eigenvalue weighted by atomic mass is 9.96. The second-order valence-electron chi connectivity index (χ2n) is 1.71. The van der Waals surface area contributed by atoms with Crippen LogP contribution >= 0.6 is 44.7 Å². The van der Waals surface area contributed by atoms with Crippen molar-refractivity contribution >= 4 is 52.6 Å². The Morgan fingerprint density at radius 2 is 1.56 bits per heavy atom. The van der Waals surface area contributed by atoms with Gasteiger partial charge in [-0.15, -0.1) is 44.7 Å². The SMILES string of the molecule is IB(I)c1ccccc1. The molecule has 9 heavy (non-hydrogen) atoms. The Kier molecular flexibility index (Phi) is 3.32. The third-order valence-electron chi connectivity index (χ3n) is 1.05. The zero-order valence-electron chi connectivity index (χ0n) is 4.72. The minimum Gasteiger partial charge on any atom is -0.127 e. The van der Waals surface area contributed by atoms with Gasteiger partial charge in [-0.3, -0.25) is 0 Å². The van der Waals surface area contributed by atoms with Crippen molar-refractivity contribution in [1.82, 2.24) is 0 Å². The fraction of sp³-hybridized carbons (Fsp3) is 0. The minimum absolute atomic E-state index is 0.599. The van der Waals surface area contributed by atoms with Gasteiger partial charge >= 0.3 is 2.43 Å². The summed E-state index contributed by atoms with van der Waals surface area (Å²) in [7, 11) is 0. The van der Waals surface area contributed by atoms with Gasteiger partial charge in [0.1, 0.15) is 0 Å². The van der Waals surface area contributed by atoms with Crippen molar-refractivity contribution in [2.24, 2.45) is 0 Å². The number of halogens is 2. The molecule has 0 spiro atoms. The van der Waals surface area contributed by atoms with Gasteiger partial charge in [-0.05, 0) is 0 Å². The van der Waals surface area contributed by atoms with Crippen LogP contribution in [-0.4, -0.2) is 2.43 Å². The molecule has 0 saturated carbocycles. The molecule has 0 fully saturated rings. The molecule has 0 radical (unpaired) electrons. The van der Waals surface area contributed by atoms with Gasteiger partial charge in [-0.25, -0.2) is 0 Å². The highest BCUT2D eigenvalue weighted by Crippen LogP contribution is 2.03.